The quantitative estimate of drug-likeness (QED) is 0.379. The van der Waals surface area contributed by atoms with Gasteiger partial charge in [0.2, 0.25) is 5.88 Å². The molecular formula is C25H22F2N8O3. The van der Waals surface area contributed by atoms with Gasteiger partial charge in [0, 0.05) is 24.4 Å². The summed E-state index contributed by atoms with van der Waals surface area (Å²) >= 11 is 0. The van der Waals surface area contributed by atoms with Crippen molar-refractivity contribution in [3.05, 3.63) is 92.1 Å². The van der Waals surface area contributed by atoms with Gasteiger partial charge in [-0.15, -0.1) is 10.2 Å². The molecule has 0 saturated carbocycles. The lowest BCUT2D eigenvalue weighted by molar-refractivity contribution is 0.391. The van der Waals surface area contributed by atoms with Gasteiger partial charge in [0.05, 0.1) is 37.3 Å². The van der Waals surface area contributed by atoms with Crippen LogP contribution in [0.4, 0.5) is 31.7 Å². The molecule has 2 aromatic carbocycles. The molecule has 5 rings (SSSR count). The number of ether oxygens (including phenoxy) is 1. The molecule has 11 nitrogen and oxygen atoms in total. The Morgan fingerprint density at radius 1 is 1.03 bits per heavy atom. The summed E-state index contributed by atoms with van der Waals surface area (Å²) < 4.78 is 35.7. The first-order chi connectivity index (χ1) is 18.2. The summed E-state index contributed by atoms with van der Waals surface area (Å²) in [6, 6.07) is 11.2. The van der Waals surface area contributed by atoms with Crippen LogP contribution < -0.4 is 32.4 Å². The average molecular weight is 521 g/mol. The second-order valence-corrected chi connectivity index (χ2v) is 8.57. The van der Waals surface area contributed by atoms with Crippen molar-refractivity contribution in [3.63, 3.8) is 0 Å². The number of benzene rings is 2. The predicted molar refractivity (Wildman–Crippen MR) is 139 cm³/mol. The lowest BCUT2D eigenvalue weighted by atomic mass is 10.1. The van der Waals surface area contributed by atoms with Gasteiger partial charge in [-0.1, -0.05) is 6.07 Å². The van der Waals surface area contributed by atoms with Crippen molar-refractivity contribution < 1.29 is 13.5 Å². The van der Waals surface area contributed by atoms with Crippen LogP contribution in [-0.2, 0) is 6.54 Å². The average Bonchev–Trinajstić information content (AvgIpc) is 2.89. The number of nitrogens with zero attached hydrogens (tertiary/aromatic N) is 6. The van der Waals surface area contributed by atoms with Crippen molar-refractivity contribution in [1.29, 1.82) is 0 Å². The van der Waals surface area contributed by atoms with Crippen molar-refractivity contribution in [3.8, 4) is 11.7 Å². The zero-order valence-electron chi connectivity index (χ0n) is 20.4. The second kappa shape index (κ2) is 9.42. The van der Waals surface area contributed by atoms with Crippen molar-refractivity contribution in [2.75, 3.05) is 37.1 Å². The smallest absolute Gasteiger partial charge is 0.338 e. The normalized spacial score (nSPS) is 12.7. The highest BCUT2D eigenvalue weighted by molar-refractivity contribution is 6.10. The second-order valence-electron chi connectivity index (χ2n) is 8.57. The Morgan fingerprint density at radius 3 is 2.42 bits per heavy atom. The van der Waals surface area contributed by atoms with E-state index in [0.717, 1.165) is 27.0 Å². The maximum atomic E-state index is 14.5. The van der Waals surface area contributed by atoms with Crippen LogP contribution in [0.3, 0.4) is 0 Å². The van der Waals surface area contributed by atoms with E-state index in [1.165, 1.54) is 25.3 Å². The third-order valence-electron chi connectivity index (χ3n) is 6.17. The molecule has 0 radical (unpaired) electrons. The Balaban J connectivity index is 1.79. The van der Waals surface area contributed by atoms with Crippen LogP contribution in [0.5, 0.6) is 5.88 Å². The highest BCUT2D eigenvalue weighted by Crippen LogP contribution is 2.34. The summed E-state index contributed by atoms with van der Waals surface area (Å²) in [6.45, 7) is -0.452. The van der Waals surface area contributed by atoms with Gasteiger partial charge in [-0.2, -0.15) is 0 Å². The number of nitrogens with two attached hydrogens (primary N) is 2. The SMILES string of the molecule is COc1ccc(-n2c(=O)c(C3=Nc4ccc(N)cc4N(C)C3)c(N)n(Cc3c(F)cccc3F)c2=O)nn1. The number of aliphatic imine (C=N–C) groups is 1. The van der Waals surface area contributed by atoms with E-state index in [9.17, 15) is 18.4 Å². The molecule has 4 aromatic rings. The van der Waals surface area contributed by atoms with Gasteiger partial charge >= 0.3 is 5.69 Å². The van der Waals surface area contributed by atoms with E-state index < -0.39 is 35.0 Å². The van der Waals surface area contributed by atoms with Gasteiger partial charge in [0.25, 0.3) is 5.56 Å². The summed E-state index contributed by atoms with van der Waals surface area (Å²) in [4.78, 5) is 33.8. The van der Waals surface area contributed by atoms with Gasteiger partial charge in [-0.3, -0.25) is 9.36 Å². The third-order valence-corrected chi connectivity index (χ3v) is 6.17. The minimum Gasteiger partial charge on any atom is -0.480 e. The summed E-state index contributed by atoms with van der Waals surface area (Å²) in [5.74, 6) is -2.03. The maximum absolute atomic E-state index is 14.5. The first kappa shape index (κ1) is 24.6. The first-order valence-electron chi connectivity index (χ1n) is 11.3. The van der Waals surface area contributed by atoms with E-state index in [1.54, 1.807) is 25.2 Å². The molecule has 2 aromatic heterocycles. The number of likely N-dealkylation sites (N-methyl/N-ethyl adjacent to an activating group) is 1. The van der Waals surface area contributed by atoms with E-state index in [2.05, 4.69) is 15.2 Å². The van der Waals surface area contributed by atoms with E-state index in [0.29, 0.717) is 11.4 Å². The van der Waals surface area contributed by atoms with Gasteiger partial charge in [-0.05, 0) is 36.4 Å². The molecular weight excluding hydrogens is 498 g/mol. The minimum atomic E-state index is -0.962. The molecule has 194 valence electrons. The summed E-state index contributed by atoms with van der Waals surface area (Å²) in [5.41, 5.74) is 12.0. The van der Waals surface area contributed by atoms with Gasteiger partial charge < -0.3 is 21.1 Å². The standard InChI is InChI=1S/C25H22F2N8O3/c1-33-12-18(30-17-7-6-13(28)10-19(17)33)22-23(29)34(11-14-15(26)4-3-5-16(14)27)25(37)35(24(22)36)20-8-9-21(38-2)32-31-20/h3-10H,11-12,28-29H2,1-2H3. The first-order valence-corrected chi connectivity index (χ1v) is 11.3. The molecule has 1 aliphatic rings. The Bertz CT molecular complexity index is 1690. The number of hydrogen-bond donors (Lipinski definition) is 2. The predicted octanol–water partition coefficient (Wildman–Crippen LogP) is 1.86. The van der Waals surface area contributed by atoms with Gasteiger partial charge in [-0.25, -0.2) is 23.1 Å². The van der Waals surface area contributed by atoms with Gasteiger partial charge in [0.15, 0.2) is 5.82 Å². The number of fused-ring (bicyclic) bond motifs is 1. The lowest BCUT2D eigenvalue weighted by Gasteiger charge is -2.28. The summed E-state index contributed by atoms with van der Waals surface area (Å²) in [6.07, 6.45) is 0. The lowest BCUT2D eigenvalue weighted by Crippen LogP contribution is -2.45. The number of rotatable bonds is 5. The molecule has 1 aliphatic heterocycles. The highest BCUT2D eigenvalue weighted by atomic mass is 19.1. The fourth-order valence-corrected chi connectivity index (χ4v) is 4.24. The van der Waals surface area contributed by atoms with Crippen molar-refractivity contribution in [2.45, 2.75) is 6.54 Å². The number of anilines is 3. The molecule has 13 heteroatoms. The number of hydrogen-bond acceptors (Lipinski definition) is 9. The third kappa shape index (κ3) is 4.13. The molecule has 38 heavy (non-hydrogen) atoms. The Labute approximate surface area is 214 Å². The molecule has 0 aliphatic carbocycles. The van der Waals surface area contributed by atoms with Crippen LogP contribution in [0, 0.1) is 11.6 Å². The molecule has 0 unspecified atom stereocenters. The zero-order valence-corrected chi connectivity index (χ0v) is 20.4. The van der Waals surface area contributed by atoms with Crippen LogP contribution in [0.25, 0.3) is 5.82 Å². The van der Waals surface area contributed by atoms with Crippen LogP contribution in [0.2, 0.25) is 0 Å². The van der Waals surface area contributed by atoms with Crippen LogP contribution in [-0.4, -0.2) is 45.7 Å². The monoisotopic (exact) mass is 520 g/mol. The van der Waals surface area contributed by atoms with Crippen molar-refractivity contribution in [1.82, 2.24) is 19.3 Å². The molecule has 3 heterocycles. The Kier molecular flexibility index (Phi) is 6.11. The molecule has 0 fully saturated rings. The number of halogens is 2. The van der Waals surface area contributed by atoms with Crippen LogP contribution >= 0.6 is 0 Å². The van der Waals surface area contributed by atoms with Crippen LogP contribution in [0.1, 0.15) is 11.1 Å². The molecule has 0 atom stereocenters. The largest absolute Gasteiger partial charge is 0.480 e. The topological polar surface area (TPSA) is 147 Å². The Hall–Kier alpha value is -5.07. The molecule has 0 spiro atoms. The molecule has 4 N–H and O–H groups in total. The van der Waals surface area contributed by atoms with Crippen molar-refractivity contribution >= 4 is 28.6 Å². The molecule has 0 amide bonds. The van der Waals surface area contributed by atoms with Crippen molar-refractivity contribution in [2.24, 2.45) is 4.99 Å². The van der Waals surface area contributed by atoms with Gasteiger partial charge in [0.1, 0.15) is 23.0 Å². The number of nitrogen functional groups attached to an aromatic ring is 2. The van der Waals surface area contributed by atoms with E-state index in [1.807, 2.05) is 4.90 Å². The maximum Gasteiger partial charge on any atom is 0.338 e. The molecule has 0 saturated heterocycles. The minimum absolute atomic E-state index is 0.117. The number of aromatic nitrogens is 4. The zero-order chi connectivity index (χ0) is 27.1. The summed E-state index contributed by atoms with van der Waals surface area (Å²) in [5, 5.41) is 7.75. The van der Waals surface area contributed by atoms with Crippen LogP contribution in [0.15, 0.2) is 63.1 Å². The Morgan fingerprint density at radius 2 is 1.76 bits per heavy atom. The molecule has 0 bridgehead atoms. The van der Waals surface area contributed by atoms with E-state index >= 15 is 0 Å². The number of methoxy groups -OCH3 is 1. The fourth-order valence-electron chi connectivity index (χ4n) is 4.24. The summed E-state index contributed by atoms with van der Waals surface area (Å²) in [7, 11) is 3.16. The fraction of sp³-hybridized carbons (Fsp3) is 0.160. The highest BCUT2D eigenvalue weighted by Gasteiger charge is 2.27. The van der Waals surface area contributed by atoms with E-state index in [-0.39, 0.29) is 35.3 Å². The van der Waals surface area contributed by atoms with E-state index in [4.69, 9.17) is 16.2 Å².